The average Bonchev–Trinajstić information content (AvgIpc) is 3.25. The number of halogens is 3. The smallest absolute Gasteiger partial charge is 0.434 e. The molecule has 0 spiro atoms. The van der Waals surface area contributed by atoms with Crippen LogP contribution in [0.5, 0.6) is 11.6 Å². The molecule has 4 nitrogen and oxygen atoms in total. The highest BCUT2D eigenvalue weighted by atomic mass is 32.1. The quantitative estimate of drug-likeness (QED) is 0.280. The summed E-state index contributed by atoms with van der Waals surface area (Å²) >= 11 is 0.945. The van der Waals surface area contributed by atoms with E-state index in [4.69, 9.17) is 4.74 Å². The second-order valence-electron chi connectivity index (χ2n) is 9.80. The van der Waals surface area contributed by atoms with E-state index in [-0.39, 0.29) is 27.2 Å². The number of pyridine rings is 1. The molecule has 36 heavy (non-hydrogen) atoms. The van der Waals surface area contributed by atoms with Crippen molar-refractivity contribution in [3.8, 4) is 22.1 Å². The summed E-state index contributed by atoms with van der Waals surface area (Å²) in [5, 5.41) is 3.11. The highest BCUT2D eigenvalue weighted by Gasteiger charge is 2.38. The number of alkyl halides is 3. The molecule has 4 aromatic rings. The third-order valence-corrected chi connectivity index (χ3v) is 6.67. The molecule has 0 fully saturated rings. The fourth-order valence-corrected chi connectivity index (χ4v) is 4.75. The molecule has 0 radical (unpaired) electrons. The topological polar surface area (TPSA) is 47.0 Å². The van der Waals surface area contributed by atoms with E-state index in [0.717, 1.165) is 22.5 Å². The Labute approximate surface area is 213 Å². The summed E-state index contributed by atoms with van der Waals surface area (Å²) in [6.07, 6.45) is -3.02. The van der Waals surface area contributed by atoms with E-state index in [1.165, 1.54) is 0 Å². The Hall–Kier alpha value is -3.39. The van der Waals surface area contributed by atoms with E-state index in [2.05, 4.69) is 36.1 Å². The van der Waals surface area contributed by atoms with Crippen molar-refractivity contribution in [3.63, 3.8) is 0 Å². The van der Waals surface area contributed by atoms with Crippen LogP contribution < -0.4 is 10.1 Å². The van der Waals surface area contributed by atoms with E-state index < -0.39 is 11.9 Å². The van der Waals surface area contributed by atoms with E-state index in [1.807, 2.05) is 50.2 Å². The van der Waals surface area contributed by atoms with Crippen molar-refractivity contribution >= 4 is 22.2 Å². The van der Waals surface area contributed by atoms with Crippen LogP contribution in [-0.2, 0) is 11.6 Å². The zero-order chi connectivity index (χ0) is 26.1. The molecule has 1 N–H and O–H groups in total. The van der Waals surface area contributed by atoms with Crippen LogP contribution in [0.25, 0.3) is 10.4 Å². The van der Waals surface area contributed by atoms with Gasteiger partial charge in [0.25, 0.3) is 0 Å². The molecule has 0 saturated carbocycles. The molecule has 8 heteroatoms. The minimum atomic E-state index is -4.59. The van der Waals surface area contributed by atoms with Crippen molar-refractivity contribution in [1.82, 2.24) is 9.97 Å². The number of hydrogen-bond acceptors (Lipinski definition) is 5. The lowest BCUT2D eigenvalue weighted by Crippen LogP contribution is -2.12. The molecular formula is C28H28F3N3OS. The van der Waals surface area contributed by atoms with Crippen molar-refractivity contribution < 1.29 is 17.9 Å². The molecule has 0 amide bonds. The Kier molecular flexibility index (Phi) is 7.09. The number of nitrogens with one attached hydrogen (secondary N) is 1. The minimum absolute atomic E-state index is 0.0599. The van der Waals surface area contributed by atoms with Gasteiger partial charge in [-0.2, -0.15) is 13.2 Å². The van der Waals surface area contributed by atoms with Crippen LogP contribution in [0.2, 0.25) is 0 Å². The summed E-state index contributed by atoms with van der Waals surface area (Å²) in [6.45, 7) is 10.3. The highest BCUT2D eigenvalue weighted by molar-refractivity contribution is 7.19. The molecule has 188 valence electrons. The summed E-state index contributed by atoms with van der Waals surface area (Å²) in [6, 6.07) is 18.2. The summed E-state index contributed by atoms with van der Waals surface area (Å²) in [5.41, 5.74) is 1.85. The zero-order valence-electron chi connectivity index (χ0n) is 20.8. The molecule has 2 heterocycles. The highest BCUT2D eigenvalue weighted by Crippen LogP contribution is 2.44. The number of rotatable bonds is 6. The summed E-state index contributed by atoms with van der Waals surface area (Å²) in [4.78, 5) is 8.30. The summed E-state index contributed by atoms with van der Waals surface area (Å²) in [7, 11) is 0. The maximum atomic E-state index is 13.9. The van der Waals surface area contributed by atoms with Crippen LogP contribution in [-0.4, -0.2) is 9.97 Å². The van der Waals surface area contributed by atoms with Crippen LogP contribution in [0.3, 0.4) is 0 Å². The molecule has 0 aliphatic rings. The Morgan fingerprint density at radius 2 is 1.61 bits per heavy atom. The normalized spacial score (nSPS) is 12.1. The Morgan fingerprint density at radius 3 is 2.25 bits per heavy atom. The first kappa shape index (κ1) is 25.7. The molecule has 0 aliphatic carbocycles. The Bertz CT molecular complexity index is 1340. The van der Waals surface area contributed by atoms with Gasteiger partial charge in [0.2, 0.25) is 5.88 Å². The number of para-hydroxylation sites is 1. The molecule has 4 rings (SSSR count). The van der Waals surface area contributed by atoms with Crippen molar-refractivity contribution in [2.75, 3.05) is 5.32 Å². The van der Waals surface area contributed by atoms with Crippen LogP contribution >= 0.6 is 11.3 Å². The average molecular weight is 512 g/mol. The van der Waals surface area contributed by atoms with E-state index in [1.54, 1.807) is 30.5 Å². The van der Waals surface area contributed by atoms with E-state index in [9.17, 15) is 13.2 Å². The fourth-order valence-electron chi connectivity index (χ4n) is 3.74. The molecule has 0 atom stereocenters. The lowest BCUT2D eigenvalue weighted by molar-refractivity contribution is -0.140. The number of anilines is 2. The predicted molar refractivity (Wildman–Crippen MR) is 139 cm³/mol. The maximum Gasteiger partial charge on any atom is 0.434 e. The van der Waals surface area contributed by atoms with E-state index >= 15 is 0 Å². The number of aromatic nitrogens is 2. The van der Waals surface area contributed by atoms with Gasteiger partial charge in [0, 0.05) is 11.8 Å². The number of benzene rings is 2. The number of nitrogens with zero attached hydrogens (tertiary/aromatic N) is 2. The molecular weight excluding hydrogens is 483 g/mol. The number of ether oxygens (including phenoxy) is 1. The van der Waals surface area contributed by atoms with Gasteiger partial charge < -0.3 is 10.1 Å². The van der Waals surface area contributed by atoms with Crippen molar-refractivity contribution in [3.05, 3.63) is 83.7 Å². The molecule has 0 bridgehead atoms. The lowest BCUT2D eigenvalue weighted by atomic mass is 9.86. The van der Waals surface area contributed by atoms with Crippen molar-refractivity contribution in [1.29, 1.82) is 0 Å². The van der Waals surface area contributed by atoms with Gasteiger partial charge in [0.1, 0.15) is 11.4 Å². The largest absolute Gasteiger partial charge is 0.437 e. The second-order valence-corrected chi connectivity index (χ2v) is 10.8. The van der Waals surface area contributed by atoms with Gasteiger partial charge in [-0.25, -0.2) is 9.97 Å². The van der Waals surface area contributed by atoms with Crippen molar-refractivity contribution in [2.24, 2.45) is 0 Å². The first-order valence-corrected chi connectivity index (χ1v) is 12.4. The molecule has 2 aromatic carbocycles. The molecule has 2 aromatic heterocycles. The number of hydrogen-bond donors (Lipinski definition) is 1. The van der Waals surface area contributed by atoms with Gasteiger partial charge in [-0.15, -0.1) is 0 Å². The van der Waals surface area contributed by atoms with Gasteiger partial charge in [-0.1, -0.05) is 88.4 Å². The van der Waals surface area contributed by atoms with E-state index in [0.29, 0.717) is 17.0 Å². The van der Waals surface area contributed by atoms with Gasteiger partial charge in [0.15, 0.2) is 10.8 Å². The van der Waals surface area contributed by atoms with Gasteiger partial charge in [0.05, 0.1) is 4.88 Å². The monoisotopic (exact) mass is 511 g/mol. The van der Waals surface area contributed by atoms with Crippen LogP contribution in [0.15, 0.2) is 66.9 Å². The van der Waals surface area contributed by atoms with Crippen LogP contribution in [0, 0.1) is 0 Å². The number of thiazole rings is 1. The summed E-state index contributed by atoms with van der Waals surface area (Å²) in [5.74, 6) is 1.17. The zero-order valence-corrected chi connectivity index (χ0v) is 21.6. The van der Waals surface area contributed by atoms with Gasteiger partial charge in [-0.3, -0.25) is 0 Å². The Balaban J connectivity index is 1.69. The SMILES string of the molecule is CC(C)c1ccc(-c2sc(Nc3cccnc3Oc3ccccc3C(C)(C)C)nc2C(F)(F)F)cc1. The third-order valence-electron chi connectivity index (χ3n) is 5.65. The molecule has 0 aliphatic heterocycles. The minimum Gasteiger partial charge on any atom is -0.437 e. The van der Waals surface area contributed by atoms with Gasteiger partial charge >= 0.3 is 6.18 Å². The van der Waals surface area contributed by atoms with Crippen LogP contribution in [0.1, 0.15) is 57.4 Å². The Morgan fingerprint density at radius 1 is 0.917 bits per heavy atom. The second kappa shape index (κ2) is 9.93. The van der Waals surface area contributed by atoms with Gasteiger partial charge in [-0.05, 0) is 40.7 Å². The molecule has 0 saturated heterocycles. The lowest BCUT2D eigenvalue weighted by Gasteiger charge is -2.22. The predicted octanol–water partition coefficient (Wildman–Crippen LogP) is 9.18. The fraction of sp³-hybridized carbons (Fsp3) is 0.286. The standard InChI is InChI=1S/C28H28F3N3OS/c1-17(2)18-12-14-19(15-13-18)23-24(28(29,30)31)34-26(36-23)33-21-10-8-16-32-25(21)35-22-11-7-6-9-20(22)27(3,4)5/h6-17H,1-5H3,(H,33,34). The maximum absolute atomic E-state index is 13.9. The molecule has 0 unspecified atom stereocenters. The van der Waals surface area contributed by atoms with Crippen molar-refractivity contribution in [2.45, 2.75) is 52.1 Å². The third kappa shape index (κ3) is 5.70. The first-order valence-electron chi connectivity index (χ1n) is 11.6. The first-order chi connectivity index (χ1) is 16.9. The van der Waals surface area contributed by atoms with Crippen LogP contribution in [0.4, 0.5) is 24.0 Å². The summed E-state index contributed by atoms with van der Waals surface area (Å²) < 4.78 is 47.8.